The van der Waals surface area contributed by atoms with Gasteiger partial charge in [-0.25, -0.2) is 0 Å². The Morgan fingerprint density at radius 1 is 1.44 bits per heavy atom. The summed E-state index contributed by atoms with van der Waals surface area (Å²) in [7, 11) is 1.47. The minimum Gasteiger partial charge on any atom is -0.355 e. The van der Waals surface area contributed by atoms with Gasteiger partial charge in [-0.2, -0.15) is 0 Å². The Morgan fingerprint density at radius 2 is 2.17 bits per heavy atom. The second kappa shape index (κ2) is 7.10. The van der Waals surface area contributed by atoms with E-state index in [1.807, 2.05) is 0 Å². The maximum atomic E-state index is 11.7. The number of nitrogens with zero attached hydrogens (tertiary/aromatic N) is 1. The predicted octanol–water partition coefficient (Wildman–Crippen LogP) is -0.360. The van der Waals surface area contributed by atoms with Crippen molar-refractivity contribution in [2.75, 3.05) is 20.1 Å². The van der Waals surface area contributed by atoms with E-state index in [0.29, 0.717) is 19.4 Å². The van der Waals surface area contributed by atoms with E-state index in [1.165, 1.54) is 7.05 Å². The van der Waals surface area contributed by atoms with Crippen LogP contribution in [0.4, 0.5) is 0 Å². The van der Waals surface area contributed by atoms with E-state index in [1.54, 1.807) is 0 Å². The summed E-state index contributed by atoms with van der Waals surface area (Å²) in [5, 5.41) is 5.66. The van der Waals surface area contributed by atoms with Crippen molar-refractivity contribution in [2.45, 2.75) is 38.6 Å². The Labute approximate surface area is 107 Å². The van der Waals surface area contributed by atoms with Crippen LogP contribution in [0.25, 0.3) is 0 Å². The molecule has 18 heavy (non-hydrogen) atoms. The van der Waals surface area contributed by atoms with Crippen molar-refractivity contribution < 1.29 is 14.4 Å². The van der Waals surface area contributed by atoms with Gasteiger partial charge in [0.15, 0.2) is 0 Å². The Hall–Kier alpha value is -1.43. The Balaban J connectivity index is 2.28. The van der Waals surface area contributed by atoms with Crippen molar-refractivity contribution in [3.8, 4) is 0 Å². The zero-order chi connectivity index (χ0) is 13.5. The van der Waals surface area contributed by atoms with Crippen LogP contribution in [0.5, 0.6) is 0 Å². The topological polar surface area (TPSA) is 78.5 Å². The number of unbranched alkanes of at least 4 members (excludes halogenated alkanes) is 1. The van der Waals surface area contributed by atoms with E-state index in [4.69, 9.17) is 0 Å². The molecule has 0 spiro atoms. The summed E-state index contributed by atoms with van der Waals surface area (Å²) in [5.74, 6) is -0.533. The van der Waals surface area contributed by atoms with Crippen LogP contribution in [0, 0.1) is 0 Å². The molecule has 1 heterocycles. The number of hydrogen-bond acceptors (Lipinski definition) is 4. The molecule has 0 radical (unpaired) electrons. The molecule has 6 nitrogen and oxygen atoms in total. The van der Waals surface area contributed by atoms with E-state index in [0.717, 1.165) is 17.7 Å². The van der Waals surface area contributed by atoms with Crippen LogP contribution in [-0.4, -0.2) is 48.8 Å². The lowest BCUT2D eigenvalue weighted by Gasteiger charge is -2.28. The highest BCUT2D eigenvalue weighted by Gasteiger charge is 2.31. The first-order valence-electron chi connectivity index (χ1n) is 6.36. The summed E-state index contributed by atoms with van der Waals surface area (Å²) in [5.41, 5.74) is 0. The highest BCUT2D eigenvalue weighted by atomic mass is 16.2. The molecule has 1 aliphatic heterocycles. The summed E-state index contributed by atoms with van der Waals surface area (Å²) >= 11 is 0. The molecule has 1 aliphatic rings. The summed E-state index contributed by atoms with van der Waals surface area (Å²) in [6, 6.07) is -0.426. The fraction of sp³-hybridized carbons (Fsp3) is 0.750. The molecule has 0 aromatic heterocycles. The van der Waals surface area contributed by atoms with Gasteiger partial charge in [0.1, 0.15) is 0 Å². The molecule has 0 saturated carbocycles. The van der Waals surface area contributed by atoms with E-state index in [-0.39, 0.29) is 24.3 Å². The molecule has 0 aromatic carbocycles. The van der Waals surface area contributed by atoms with E-state index in [9.17, 15) is 14.4 Å². The van der Waals surface area contributed by atoms with Crippen molar-refractivity contribution in [1.29, 1.82) is 0 Å². The number of imide groups is 1. The first kappa shape index (κ1) is 14.6. The van der Waals surface area contributed by atoms with Crippen molar-refractivity contribution >= 4 is 17.7 Å². The van der Waals surface area contributed by atoms with Crippen molar-refractivity contribution in [3.63, 3.8) is 0 Å². The number of piperidine rings is 1. The predicted molar refractivity (Wildman–Crippen MR) is 66.7 cm³/mol. The van der Waals surface area contributed by atoms with Crippen LogP contribution in [0.1, 0.15) is 32.6 Å². The lowest BCUT2D eigenvalue weighted by atomic mass is 10.0. The zero-order valence-corrected chi connectivity index (χ0v) is 11.0. The largest absolute Gasteiger partial charge is 0.355 e. The van der Waals surface area contributed by atoms with E-state index >= 15 is 0 Å². The third-order valence-corrected chi connectivity index (χ3v) is 3.01. The molecule has 0 aliphatic carbocycles. The minimum absolute atomic E-state index is 0.113. The van der Waals surface area contributed by atoms with Gasteiger partial charge in [0.25, 0.3) is 0 Å². The van der Waals surface area contributed by atoms with Gasteiger partial charge in [0.05, 0.1) is 12.6 Å². The fourth-order valence-electron chi connectivity index (χ4n) is 1.79. The summed E-state index contributed by atoms with van der Waals surface area (Å²) < 4.78 is 0. The summed E-state index contributed by atoms with van der Waals surface area (Å²) in [6.07, 6.45) is 2.79. The molecule has 0 bridgehead atoms. The Kier molecular flexibility index (Phi) is 5.77. The molecule has 1 fully saturated rings. The maximum absolute atomic E-state index is 11.7. The number of nitrogens with one attached hydrogen (secondary N) is 2. The molecule has 3 amide bonds. The summed E-state index contributed by atoms with van der Waals surface area (Å²) in [4.78, 5) is 35.5. The smallest absolute Gasteiger partial charge is 0.246 e. The van der Waals surface area contributed by atoms with Gasteiger partial charge in [-0.05, 0) is 12.8 Å². The van der Waals surface area contributed by atoms with E-state index < -0.39 is 6.04 Å². The normalized spacial score (nSPS) is 20.1. The number of likely N-dealkylation sites (tertiary alicyclic amines) is 1. The second-order valence-corrected chi connectivity index (χ2v) is 4.47. The summed E-state index contributed by atoms with van der Waals surface area (Å²) in [6.45, 7) is 2.83. The number of rotatable bonds is 6. The fourth-order valence-corrected chi connectivity index (χ4v) is 1.79. The highest BCUT2D eigenvalue weighted by molar-refractivity contribution is 6.00. The second-order valence-electron chi connectivity index (χ2n) is 4.47. The molecule has 1 rings (SSSR count). The van der Waals surface area contributed by atoms with Crippen LogP contribution >= 0.6 is 0 Å². The third-order valence-electron chi connectivity index (χ3n) is 3.01. The molecule has 2 N–H and O–H groups in total. The average Bonchev–Trinajstić information content (AvgIpc) is 2.35. The highest BCUT2D eigenvalue weighted by Crippen LogP contribution is 2.10. The molecule has 1 unspecified atom stereocenters. The molecule has 102 valence electrons. The molecule has 0 aromatic rings. The van der Waals surface area contributed by atoms with Crippen LogP contribution in [0.2, 0.25) is 0 Å². The van der Waals surface area contributed by atoms with Gasteiger partial charge in [-0.1, -0.05) is 13.3 Å². The number of likely N-dealkylation sites (N-methyl/N-ethyl adjacent to an activating group) is 1. The quantitative estimate of drug-likeness (QED) is 0.502. The SMILES string of the molecule is CCCCNC(=O)CNC1CCC(=O)N(C)C1=O. The van der Waals surface area contributed by atoms with Gasteiger partial charge in [0.2, 0.25) is 17.7 Å². The van der Waals surface area contributed by atoms with Crippen molar-refractivity contribution in [3.05, 3.63) is 0 Å². The number of amides is 3. The van der Waals surface area contributed by atoms with Crippen LogP contribution in [0.15, 0.2) is 0 Å². The standard InChI is InChI=1S/C12H21N3O3/c1-3-4-7-13-10(16)8-14-9-5-6-11(17)15(2)12(9)18/h9,14H,3-8H2,1-2H3,(H,13,16). The van der Waals surface area contributed by atoms with Gasteiger partial charge in [-0.3, -0.25) is 24.6 Å². The van der Waals surface area contributed by atoms with Crippen molar-refractivity contribution in [2.24, 2.45) is 0 Å². The number of carbonyl (C=O) groups is 3. The lowest BCUT2D eigenvalue weighted by Crippen LogP contribution is -2.53. The maximum Gasteiger partial charge on any atom is 0.246 e. The van der Waals surface area contributed by atoms with Crippen LogP contribution < -0.4 is 10.6 Å². The first-order chi connectivity index (χ1) is 8.56. The molecular weight excluding hydrogens is 234 g/mol. The molecule has 1 saturated heterocycles. The van der Waals surface area contributed by atoms with Gasteiger partial charge in [0, 0.05) is 20.0 Å². The van der Waals surface area contributed by atoms with Crippen molar-refractivity contribution in [1.82, 2.24) is 15.5 Å². The zero-order valence-electron chi connectivity index (χ0n) is 11.0. The van der Waals surface area contributed by atoms with Gasteiger partial charge >= 0.3 is 0 Å². The van der Waals surface area contributed by atoms with Crippen LogP contribution in [-0.2, 0) is 14.4 Å². The lowest BCUT2D eigenvalue weighted by molar-refractivity contribution is -0.148. The Bertz CT molecular complexity index is 331. The number of hydrogen-bond donors (Lipinski definition) is 2. The monoisotopic (exact) mass is 255 g/mol. The third kappa shape index (κ3) is 4.10. The molecule has 1 atom stereocenters. The number of carbonyl (C=O) groups excluding carboxylic acids is 3. The molecular formula is C12H21N3O3. The average molecular weight is 255 g/mol. The molecule has 6 heteroatoms. The van der Waals surface area contributed by atoms with Gasteiger partial charge < -0.3 is 5.32 Å². The van der Waals surface area contributed by atoms with Gasteiger partial charge in [-0.15, -0.1) is 0 Å². The minimum atomic E-state index is -0.426. The van der Waals surface area contributed by atoms with E-state index in [2.05, 4.69) is 17.6 Å². The first-order valence-corrected chi connectivity index (χ1v) is 6.36. The Morgan fingerprint density at radius 3 is 2.83 bits per heavy atom. The van der Waals surface area contributed by atoms with Crippen LogP contribution in [0.3, 0.4) is 0 Å².